The zero-order valence-electron chi connectivity index (χ0n) is 8.49. The van der Waals surface area contributed by atoms with Crippen molar-refractivity contribution >= 4 is 0 Å². The van der Waals surface area contributed by atoms with Crippen LogP contribution in [-0.4, -0.2) is 17.7 Å². The zero-order valence-corrected chi connectivity index (χ0v) is 8.49. The van der Waals surface area contributed by atoms with Crippen molar-refractivity contribution in [3.63, 3.8) is 0 Å². The molecule has 14 heavy (non-hydrogen) atoms. The molecule has 3 heteroatoms. The SMILES string of the molecule is C=C(CNCC)Cn1ccccc1=O. The Kier molecular flexibility index (Phi) is 4.13. The second kappa shape index (κ2) is 5.40. The minimum atomic E-state index is 0.0187. The van der Waals surface area contributed by atoms with Gasteiger partial charge in [0.1, 0.15) is 0 Å². The predicted octanol–water partition coefficient (Wildman–Crippen LogP) is 1.01. The molecule has 0 aliphatic rings. The minimum Gasteiger partial charge on any atom is -0.313 e. The first-order chi connectivity index (χ1) is 6.74. The van der Waals surface area contributed by atoms with Crippen LogP contribution in [0.25, 0.3) is 0 Å². The van der Waals surface area contributed by atoms with E-state index in [1.807, 2.05) is 13.0 Å². The first kappa shape index (κ1) is 10.7. The average Bonchev–Trinajstić information content (AvgIpc) is 2.18. The first-order valence-corrected chi connectivity index (χ1v) is 4.77. The summed E-state index contributed by atoms with van der Waals surface area (Å²) in [5.41, 5.74) is 1.03. The van der Waals surface area contributed by atoms with E-state index in [9.17, 15) is 4.79 Å². The fraction of sp³-hybridized carbons (Fsp3) is 0.364. The van der Waals surface area contributed by atoms with Gasteiger partial charge in [0.15, 0.2) is 0 Å². The third-order valence-corrected chi connectivity index (χ3v) is 1.92. The van der Waals surface area contributed by atoms with Crippen molar-refractivity contribution in [2.45, 2.75) is 13.5 Å². The molecule has 1 aromatic rings. The Labute approximate surface area is 84.1 Å². The van der Waals surface area contributed by atoms with Gasteiger partial charge in [0.05, 0.1) is 0 Å². The van der Waals surface area contributed by atoms with Crippen LogP contribution in [0.15, 0.2) is 41.3 Å². The van der Waals surface area contributed by atoms with Crippen LogP contribution in [-0.2, 0) is 6.54 Å². The van der Waals surface area contributed by atoms with E-state index in [-0.39, 0.29) is 5.56 Å². The second-order valence-electron chi connectivity index (χ2n) is 3.20. The normalized spacial score (nSPS) is 10.1. The van der Waals surface area contributed by atoms with Gasteiger partial charge in [0, 0.05) is 25.4 Å². The molecule has 1 rings (SSSR count). The Morgan fingerprint density at radius 3 is 3.00 bits per heavy atom. The van der Waals surface area contributed by atoms with E-state index in [1.54, 1.807) is 22.9 Å². The van der Waals surface area contributed by atoms with Gasteiger partial charge in [0.2, 0.25) is 0 Å². The zero-order chi connectivity index (χ0) is 10.4. The Balaban J connectivity index is 2.56. The van der Waals surface area contributed by atoms with Gasteiger partial charge in [-0.25, -0.2) is 0 Å². The van der Waals surface area contributed by atoms with E-state index < -0.39 is 0 Å². The predicted molar refractivity (Wildman–Crippen MR) is 58.4 cm³/mol. The van der Waals surface area contributed by atoms with Crippen molar-refractivity contribution in [3.8, 4) is 0 Å². The molecule has 0 radical (unpaired) electrons. The van der Waals surface area contributed by atoms with Gasteiger partial charge in [-0.15, -0.1) is 0 Å². The molecule has 0 aromatic carbocycles. The maximum absolute atomic E-state index is 11.3. The van der Waals surface area contributed by atoms with Crippen molar-refractivity contribution in [1.29, 1.82) is 0 Å². The highest BCUT2D eigenvalue weighted by Crippen LogP contribution is 1.92. The fourth-order valence-electron chi connectivity index (χ4n) is 1.19. The second-order valence-corrected chi connectivity index (χ2v) is 3.20. The molecule has 0 atom stereocenters. The standard InChI is InChI=1S/C11H16N2O/c1-3-12-8-10(2)9-13-7-5-4-6-11(13)14/h4-7,12H,2-3,8-9H2,1H3. The quantitative estimate of drug-likeness (QED) is 0.707. The van der Waals surface area contributed by atoms with Crippen molar-refractivity contribution in [2.24, 2.45) is 0 Å². The lowest BCUT2D eigenvalue weighted by atomic mass is 10.3. The maximum atomic E-state index is 11.3. The molecular formula is C11H16N2O. The molecule has 1 heterocycles. The molecule has 0 aliphatic carbocycles. The van der Waals surface area contributed by atoms with Crippen LogP contribution in [0.4, 0.5) is 0 Å². The largest absolute Gasteiger partial charge is 0.313 e. The van der Waals surface area contributed by atoms with Gasteiger partial charge in [-0.2, -0.15) is 0 Å². The average molecular weight is 192 g/mol. The lowest BCUT2D eigenvalue weighted by molar-refractivity contribution is 0.688. The van der Waals surface area contributed by atoms with Gasteiger partial charge < -0.3 is 9.88 Å². The smallest absolute Gasteiger partial charge is 0.250 e. The molecule has 1 aromatic heterocycles. The van der Waals surface area contributed by atoms with Crippen LogP contribution in [0.1, 0.15) is 6.92 Å². The number of pyridine rings is 1. The highest BCUT2D eigenvalue weighted by molar-refractivity contribution is 5.01. The summed E-state index contributed by atoms with van der Waals surface area (Å²) in [5, 5.41) is 3.17. The number of likely N-dealkylation sites (N-methyl/N-ethyl adjacent to an activating group) is 1. The highest BCUT2D eigenvalue weighted by atomic mass is 16.1. The van der Waals surface area contributed by atoms with E-state index in [4.69, 9.17) is 0 Å². The van der Waals surface area contributed by atoms with E-state index in [0.29, 0.717) is 6.54 Å². The molecule has 0 fully saturated rings. The molecule has 0 amide bonds. The van der Waals surface area contributed by atoms with Crippen molar-refractivity contribution < 1.29 is 0 Å². The van der Waals surface area contributed by atoms with Crippen LogP contribution in [0, 0.1) is 0 Å². The van der Waals surface area contributed by atoms with Crippen LogP contribution in [0.2, 0.25) is 0 Å². The number of hydrogen-bond acceptors (Lipinski definition) is 2. The van der Waals surface area contributed by atoms with Crippen LogP contribution in [0.3, 0.4) is 0 Å². The minimum absolute atomic E-state index is 0.0187. The Bertz CT molecular complexity index is 354. The molecule has 3 nitrogen and oxygen atoms in total. The van der Waals surface area contributed by atoms with Gasteiger partial charge in [0.25, 0.3) is 5.56 Å². The molecule has 0 spiro atoms. The van der Waals surface area contributed by atoms with Gasteiger partial charge in [-0.3, -0.25) is 4.79 Å². The van der Waals surface area contributed by atoms with Crippen LogP contribution in [0.5, 0.6) is 0 Å². The van der Waals surface area contributed by atoms with Crippen LogP contribution < -0.4 is 10.9 Å². The molecule has 0 saturated heterocycles. The van der Waals surface area contributed by atoms with E-state index in [1.165, 1.54) is 0 Å². The van der Waals surface area contributed by atoms with E-state index in [0.717, 1.165) is 18.7 Å². The van der Waals surface area contributed by atoms with Crippen molar-refractivity contribution in [2.75, 3.05) is 13.1 Å². The number of aromatic nitrogens is 1. The molecule has 0 unspecified atom stereocenters. The summed E-state index contributed by atoms with van der Waals surface area (Å²) >= 11 is 0. The summed E-state index contributed by atoms with van der Waals surface area (Å²) in [4.78, 5) is 11.3. The topological polar surface area (TPSA) is 34.0 Å². The summed E-state index contributed by atoms with van der Waals surface area (Å²) in [6, 6.07) is 5.15. The third kappa shape index (κ3) is 3.18. The maximum Gasteiger partial charge on any atom is 0.250 e. The summed E-state index contributed by atoms with van der Waals surface area (Å²) in [5.74, 6) is 0. The summed E-state index contributed by atoms with van der Waals surface area (Å²) < 4.78 is 1.65. The van der Waals surface area contributed by atoms with Crippen molar-refractivity contribution in [1.82, 2.24) is 9.88 Å². The summed E-state index contributed by atoms with van der Waals surface area (Å²) in [6.45, 7) is 8.22. The highest BCUT2D eigenvalue weighted by Gasteiger charge is 1.96. The van der Waals surface area contributed by atoms with E-state index >= 15 is 0 Å². The molecule has 0 saturated carbocycles. The molecule has 76 valence electrons. The summed E-state index contributed by atoms with van der Waals surface area (Å²) in [7, 11) is 0. The number of nitrogens with one attached hydrogen (secondary N) is 1. The molecule has 1 N–H and O–H groups in total. The van der Waals surface area contributed by atoms with E-state index in [2.05, 4.69) is 11.9 Å². The molecular weight excluding hydrogens is 176 g/mol. The van der Waals surface area contributed by atoms with Crippen LogP contribution >= 0.6 is 0 Å². The van der Waals surface area contributed by atoms with Crippen molar-refractivity contribution in [3.05, 3.63) is 46.9 Å². The Morgan fingerprint density at radius 2 is 2.36 bits per heavy atom. The summed E-state index contributed by atoms with van der Waals surface area (Å²) in [6.07, 6.45) is 1.78. The van der Waals surface area contributed by atoms with Gasteiger partial charge in [-0.05, 0) is 18.2 Å². The van der Waals surface area contributed by atoms with Gasteiger partial charge >= 0.3 is 0 Å². The first-order valence-electron chi connectivity index (χ1n) is 4.77. The lowest BCUT2D eigenvalue weighted by Gasteiger charge is -2.08. The third-order valence-electron chi connectivity index (χ3n) is 1.92. The Morgan fingerprint density at radius 1 is 1.57 bits per heavy atom. The fourth-order valence-corrected chi connectivity index (χ4v) is 1.19. The Hall–Kier alpha value is -1.35. The number of hydrogen-bond donors (Lipinski definition) is 1. The monoisotopic (exact) mass is 192 g/mol. The molecule has 0 aliphatic heterocycles. The lowest BCUT2D eigenvalue weighted by Crippen LogP contribution is -2.23. The number of rotatable bonds is 5. The van der Waals surface area contributed by atoms with Gasteiger partial charge in [-0.1, -0.05) is 19.6 Å². The number of nitrogens with zero attached hydrogens (tertiary/aromatic N) is 1. The molecule has 0 bridgehead atoms.